The van der Waals surface area contributed by atoms with Gasteiger partial charge < -0.3 is 10.3 Å². The maximum absolute atomic E-state index is 12.8. The number of rotatable bonds is 8. The van der Waals surface area contributed by atoms with Crippen molar-refractivity contribution in [2.24, 2.45) is 0 Å². The number of benzene rings is 2. The lowest BCUT2D eigenvalue weighted by Gasteiger charge is -2.16. The Bertz CT molecular complexity index is 1460. The number of amides is 1. The number of nitrogens with one attached hydrogen (secondary N) is 2. The molecule has 1 unspecified atom stereocenters. The third kappa shape index (κ3) is 4.00. The number of hydrogen-bond acceptors (Lipinski definition) is 3. The zero-order valence-corrected chi connectivity index (χ0v) is 19.3. The third-order valence-corrected chi connectivity index (χ3v) is 7.18. The highest BCUT2D eigenvalue weighted by molar-refractivity contribution is 7.10. The van der Waals surface area contributed by atoms with Crippen molar-refractivity contribution in [2.45, 2.75) is 32.4 Å². The van der Waals surface area contributed by atoms with Gasteiger partial charge in [-0.1, -0.05) is 36.4 Å². The van der Waals surface area contributed by atoms with Crippen LogP contribution in [0.4, 0.5) is 0 Å². The molecule has 3 heterocycles. The predicted molar refractivity (Wildman–Crippen MR) is 134 cm³/mol. The summed E-state index contributed by atoms with van der Waals surface area (Å²) in [7, 11) is 0. The van der Waals surface area contributed by atoms with Crippen LogP contribution in [0.15, 0.2) is 77.0 Å². The highest BCUT2D eigenvalue weighted by Gasteiger charge is 2.20. The average molecular weight is 459 g/mol. The van der Waals surface area contributed by atoms with Gasteiger partial charge in [0.1, 0.15) is 0 Å². The molecule has 2 N–H and O–H groups in total. The number of thiophene rings is 1. The second-order valence-electron chi connectivity index (χ2n) is 8.08. The van der Waals surface area contributed by atoms with Crippen molar-refractivity contribution in [3.05, 3.63) is 93.2 Å². The topological polar surface area (TPSA) is 71.8 Å². The zero-order chi connectivity index (χ0) is 22.8. The van der Waals surface area contributed by atoms with Gasteiger partial charge in [-0.3, -0.25) is 13.9 Å². The SMILES string of the molecule is CCn1c(=O)n(CCC(=O)NCC(c2cccs2)c2c[nH]c3ccccc23)c2ccccc21. The number of carbonyl (C=O) groups is 1. The highest BCUT2D eigenvalue weighted by Crippen LogP contribution is 2.32. The first-order valence-corrected chi connectivity index (χ1v) is 12.1. The van der Waals surface area contributed by atoms with Crippen molar-refractivity contribution in [1.82, 2.24) is 19.4 Å². The predicted octanol–water partition coefficient (Wildman–Crippen LogP) is 4.70. The normalized spacial score (nSPS) is 12.4. The van der Waals surface area contributed by atoms with E-state index in [1.165, 1.54) is 15.8 Å². The number of imidazole rings is 1. The van der Waals surface area contributed by atoms with Crippen molar-refractivity contribution in [2.75, 3.05) is 6.54 Å². The molecule has 7 heteroatoms. The Morgan fingerprint density at radius 3 is 2.55 bits per heavy atom. The minimum atomic E-state index is -0.0678. The fraction of sp³-hybridized carbons (Fsp3) is 0.231. The molecule has 0 fully saturated rings. The molecule has 1 atom stereocenters. The molecule has 6 nitrogen and oxygen atoms in total. The summed E-state index contributed by atoms with van der Waals surface area (Å²) in [6.45, 7) is 3.42. The summed E-state index contributed by atoms with van der Waals surface area (Å²) in [5, 5.41) is 6.35. The third-order valence-electron chi connectivity index (χ3n) is 6.19. The average Bonchev–Trinajstić information content (AvgIpc) is 3.57. The summed E-state index contributed by atoms with van der Waals surface area (Å²) in [5.41, 5.74) is 3.97. The molecular weight excluding hydrogens is 432 g/mol. The van der Waals surface area contributed by atoms with E-state index in [4.69, 9.17) is 0 Å². The molecule has 33 heavy (non-hydrogen) atoms. The van der Waals surface area contributed by atoms with Crippen LogP contribution < -0.4 is 11.0 Å². The summed E-state index contributed by atoms with van der Waals surface area (Å²) in [4.78, 5) is 30.2. The summed E-state index contributed by atoms with van der Waals surface area (Å²) >= 11 is 1.69. The van der Waals surface area contributed by atoms with Gasteiger partial charge in [-0.25, -0.2) is 4.79 Å². The van der Waals surface area contributed by atoms with Crippen LogP contribution >= 0.6 is 11.3 Å². The number of nitrogens with zero attached hydrogens (tertiary/aromatic N) is 2. The van der Waals surface area contributed by atoms with Crippen molar-refractivity contribution < 1.29 is 4.79 Å². The molecule has 0 aliphatic rings. The minimum Gasteiger partial charge on any atom is -0.361 e. The standard InChI is InChI=1S/C26H26N4O2S/c1-2-29-22-10-5-6-11-23(22)30(26(29)32)14-13-25(31)28-17-20(24-12-7-15-33-24)19-16-27-21-9-4-3-8-18(19)21/h3-12,15-16,20,27H,2,13-14,17H2,1H3,(H,28,31). The van der Waals surface area contributed by atoms with Gasteiger partial charge in [0.25, 0.3) is 0 Å². The van der Waals surface area contributed by atoms with Crippen LogP contribution in [0.5, 0.6) is 0 Å². The van der Waals surface area contributed by atoms with E-state index < -0.39 is 0 Å². The maximum atomic E-state index is 12.8. The van der Waals surface area contributed by atoms with Gasteiger partial charge in [-0.15, -0.1) is 11.3 Å². The fourth-order valence-corrected chi connectivity index (χ4v) is 5.39. The van der Waals surface area contributed by atoms with E-state index >= 15 is 0 Å². The van der Waals surface area contributed by atoms with Crippen LogP contribution in [0.25, 0.3) is 21.9 Å². The van der Waals surface area contributed by atoms with E-state index in [0.717, 1.165) is 16.6 Å². The van der Waals surface area contributed by atoms with Crippen LogP contribution in [0.1, 0.15) is 29.7 Å². The lowest BCUT2D eigenvalue weighted by molar-refractivity contribution is -0.121. The van der Waals surface area contributed by atoms with Gasteiger partial charge in [0.15, 0.2) is 0 Å². The Kier molecular flexibility index (Phi) is 5.88. The van der Waals surface area contributed by atoms with Gasteiger partial charge in [-0.05, 0) is 42.1 Å². The second kappa shape index (κ2) is 9.11. The summed E-state index contributed by atoms with van der Waals surface area (Å²) in [6, 6.07) is 20.1. The number of para-hydroxylation sites is 3. The molecule has 0 aliphatic heterocycles. The first-order valence-electron chi connectivity index (χ1n) is 11.2. The first kappa shape index (κ1) is 21.3. The molecule has 0 radical (unpaired) electrons. The van der Waals surface area contributed by atoms with E-state index in [1.807, 2.05) is 55.6 Å². The molecule has 3 aromatic heterocycles. The smallest absolute Gasteiger partial charge is 0.329 e. The molecule has 5 aromatic rings. The van der Waals surface area contributed by atoms with Crippen LogP contribution in [-0.4, -0.2) is 26.6 Å². The summed E-state index contributed by atoms with van der Waals surface area (Å²) in [6.07, 6.45) is 2.29. The Hall–Kier alpha value is -3.58. The number of aryl methyl sites for hydroxylation is 2. The van der Waals surface area contributed by atoms with Crippen LogP contribution in [0.2, 0.25) is 0 Å². The quantitative estimate of drug-likeness (QED) is 0.354. The van der Waals surface area contributed by atoms with Crippen molar-refractivity contribution in [3.63, 3.8) is 0 Å². The van der Waals surface area contributed by atoms with Gasteiger partial charge in [0.05, 0.1) is 11.0 Å². The van der Waals surface area contributed by atoms with Crippen molar-refractivity contribution in [3.8, 4) is 0 Å². The maximum Gasteiger partial charge on any atom is 0.329 e. The Morgan fingerprint density at radius 2 is 1.79 bits per heavy atom. The lowest BCUT2D eigenvalue weighted by atomic mass is 9.96. The molecule has 168 valence electrons. The number of H-pyrrole nitrogens is 1. The number of aromatic amines is 1. The van der Waals surface area contributed by atoms with Gasteiger partial charge in [-0.2, -0.15) is 0 Å². The molecule has 1 amide bonds. The number of hydrogen-bond donors (Lipinski definition) is 2. The van der Waals surface area contributed by atoms with Gasteiger partial charge >= 0.3 is 5.69 Å². The Balaban J connectivity index is 1.32. The van der Waals surface area contributed by atoms with E-state index in [1.54, 1.807) is 20.5 Å². The van der Waals surface area contributed by atoms with E-state index in [-0.39, 0.29) is 23.9 Å². The van der Waals surface area contributed by atoms with Crippen LogP contribution in [0.3, 0.4) is 0 Å². The lowest BCUT2D eigenvalue weighted by Crippen LogP contribution is -2.31. The van der Waals surface area contributed by atoms with Gasteiger partial charge in [0, 0.05) is 53.9 Å². The second-order valence-corrected chi connectivity index (χ2v) is 9.06. The molecule has 0 bridgehead atoms. The largest absolute Gasteiger partial charge is 0.361 e. The molecular formula is C26H26N4O2S. The minimum absolute atomic E-state index is 0.0587. The monoisotopic (exact) mass is 458 g/mol. The van der Waals surface area contributed by atoms with E-state index in [0.29, 0.717) is 19.6 Å². The van der Waals surface area contributed by atoms with Crippen molar-refractivity contribution >= 4 is 39.2 Å². The molecule has 0 saturated carbocycles. The van der Waals surface area contributed by atoms with Gasteiger partial charge in [0.2, 0.25) is 5.91 Å². The number of aromatic nitrogens is 3. The van der Waals surface area contributed by atoms with E-state index in [2.05, 4.69) is 33.9 Å². The molecule has 0 aliphatic carbocycles. The van der Waals surface area contributed by atoms with Crippen LogP contribution in [-0.2, 0) is 17.9 Å². The van der Waals surface area contributed by atoms with E-state index in [9.17, 15) is 9.59 Å². The fourth-order valence-electron chi connectivity index (χ4n) is 4.55. The summed E-state index contributed by atoms with van der Waals surface area (Å²) in [5.74, 6) is 0.00598. The highest BCUT2D eigenvalue weighted by atomic mass is 32.1. The van der Waals surface area contributed by atoms with Crippen LogP contribution in [0, 0.1) is 0 Å². The Morgan fingerprint density at radius 1 is 1.03 bits per heavy atom. The molecule has 0 spiro atoms. The van der Waals surface area contributed by atoms with Crippen molar-refractivity contribution in [1.29, 1.82) is 0 Å². The zero-order valence-electron chi connectivity index (χ0n) is 18.5. The molecule has 2 aromatic carbocycles. The molecule has 0 saturated heterocycles. The first-order chi connectivity index (χ1) is 16.2. The number of fused-ring (bicyclic) bond motifs is 2. The number of carbonyl (C=O) groups excluding carboxylic acids is 1. The summed E-state index contributed by atoms with van der Waals surface area (Å²) < 4.78 is 3.45. The molecule has 5 rings (SSSR count). The Labute approximate surface area is 195 Å².